The average molecular weight is 150 g/mol. The molecule has 1 heterocycles. The van der Waals surface area contributed by atoms with Gasteiger partial charge in [-0.05, 0) is 6.07 Å². The summed E-state index contributed by atoms with van der Waals surface area (Å²) in [5.74, 6) is 0.831. The van der Waals surface area contributed by atoms with Crippen LogP contribution in [0.3, 0.4) is 0 Å². The van der Waals surface area contributed by atoms with Gasteiger partial charge in [-0.2, -0.15) is 0 Å². The topological polar surface area (TPSA) is 61.3 Å². The van der Waals surface area contributed by atoms with Gasteiger partial charge in [-0.1, -0.05) is 6.07 Å². The molecule has 1 atom stereocenters. The van der Waals surface area contributed by atoms with E-state index in [1.165, 1.54) is 0 Å². The van der Waals surface area contributed by atoms with Crippen molar-refractivity contribution in [3.63, 3.8) is 0 Å². The number of ether oxygens (including phenoxy) is 1. The fraction of sp³-hybridized carbons (Fsp3) is 0.250. The Morgan fingerprint density at radius 3 is 3.09 bits per heavy atom. The van der Waals surface area contributed by atoms with Crippen molar-refractivity contribution in [2.75, 3.05) is 12.3 Å². The fourth-order valence-electron chi connectivity index (χ4n) is 1.25. The Labute approximate surface area is 64.9 Å². The number of nitrogens with two attached hydrogens (primary N) is 2. The third kappa shape index (κ3) is 0.935. The summed E-state index contributed by atoms with van der Waals surface area (Å²) in [4.78, 5) is 0. The van der Waals surface area contributed by atoms with Crippen LogP contribution in [0.5, 0.6) is 5.75 Å². The molecule has 0 radical (unpaired) electrons. The summed E-state index contributed by atoms with van der Waals surface area (Å²) >= 11 is 0. The summed E-state index contributed by atoms with van der Waals surface area (Å²) in [5.41, 5.74) is 13.1. The lowest BCUT2D eigenvalue weighted by Gasteiger charge is -1.99. The van der Waals surface area contributed by atoms with Crippen LogP contribution in [0.15, 0.2) is 18.2 Å². The van der Waals surface area contributed by atoms with Crippen molar-refractivity contribution in [1.29, 1.82) is 0 Å². The fourth-order valence-corrected chi connectivity index (χ4v) is 1.25. The summed E-state index contributed by atoms with van der Waals surface area (Å²) in [6.45, 7) is 0.568. The Hall–Kier alpha value is -1.22. The Balaban J connectivity index is 2.50. The molecule has 0 amide bonds. The lowest BCUT2D eigenvalue weighted by Crippen LogP contribution is -2.10. The van der Waals surface area contributed by atoms with E-state index in [4.69, 9.17) is 16.2 Å². The summed E-state index contributed by atoms with van der Waals surface area (Å²) < 4.78 is 5.29. The number of rotatable bonds is 0. The van der Waals surface area contributed by atoms with Gasteiger partial charge in [-0.3, -0.25) is 0 Å². The molecule has 58 valence electrons. The lowest BCUT2D eigenvalue weighted by atomic mass is 10.1. The maximum Gasteiger partial charge on any atom is 0.126 e. The number of hydrogen-bond donors (Lipinski definition) is 2. The summed E-state index contributed by atoms with van der Waals surface area (Å²) in [7, 11) is 0. The molecule has 1 aliphatic heterocycles. The zero-order valence-electron chi connectivity index (χ0n) is 6.08. The molecule has 0 unspecified atom stereocenters. The molecule has 0 aliphatic carbocycles. The molecule has 1 aliphatic rings. The maximum absolute atomic E-state index is 5.73. The van der Waals surface area contributed by atoms with E-state index in [1.54, 1.807) is 0 Å². The first kappa shape index (κ1) is 6.49. The highest BCUT2D eigenvalue weighted by molar-refractivity contribution is 5.51. The van der Waals surface area contributed by atoms with Crippen LogP contribution < -0.4 is 16.2 Å². The van der Waals surface area contributed by atoms with Crippen molar-refractivity contribution in [3.05, 3.63) is 23.8 Å². The van der Waals surface area contributed by atoms with Crippen LogP contribution in [0.2, 0.25) is 0 Å². The van der Waals surface area contributed by atoms with Gasteiger partial charge in [-0.25, -0.2) is 0 Å². The molecule has 0 spiro atoms. The quantitative estimate of drug-likeness (QED) is 0.534. The minimum atomic E-state index is 0.0191. The molecule has 0 saturated heterocycles. The van der Waals surface area contributed by atoms with Gasteiger partial charge in [0.15, 0.2) is 0 Å². The lowest BCUT2D eigenvalue weighted by molar-refractivity contribution is 0.333. The normalized spacial score (nSPS) is 21.0. The van der Waals surface area contributed by atoms with Crippen LogP contribution in [0, 0.1) is 0 Å². The van der Waals surface area contributed by atoms with Gasteiger partial charge in [0.05, 0.1) is 6.04 Å². The molecule has 2 rings (SSSR count). The summed E-state index contributed by atoms with van der Waals surface area (Å²) in [6.07, 6.45) is 0. The third-order valence-electron chi connectivity index (χ3n) is 1.86. The molecule has 3 heteroatoms. The van der Waals surface area contributed by atoms with Gasteiger partial charge in [0.1, 0.15) is 12.4 Å². The molecule has 1 aromatic rings. The minimum Gasteiger partial charge on any atom is -0.491 e. The first-order valence-corrected chi connectivity index (χ1v) is 3.55. The number of anilines is 1. The summed E-state index contributed by atoms with van der Waals surface area (Å²) in [6, 6.07) is 5.59. The van der Waals surface area contributed by atoms with Gasteiger partial charge in [0, 0.05) is 17.3 Å². The van der Waals surface area contributed by atoms with E-state index in [9.17, 15) is 0 Å². The molecule has 0 aromatic heterocycles. The van der Waals surface area contributed by atoms with Crippen LogP contribution in [-0.4, -0.2) is 6.61 Å². The van der Waals surface area contributed by atoms with Crippen molar-refractivity contribution < 1.29 is 4.74 Å². The molecule has 3 nitrogen and oxygen atoms in total. The standard InChI is InChI=1S/C8H10N2O/c9-5-1-2-6-7(10)4-11-8(6)3-5/h1-3,7H,4,9-10H2/t7-/m1/s1. The molecule has 4 N–H and O–H groups in total. The molecule has 11 heavy (non-hydrogen) atoms. The second kappa shape index (κ2) is 2.13. The van der Waals surface area contributed by atoms with E-state index in [-0.39, 0.29) is 6.04 Å². The van der Waals surface area contributed by atoms with E-state index < -0.39 is 0 Å². The summed E-state index contributed by atoms with van der Waals surface area (Å²) in [5, 5.41) is 0. The van der Waals surface area contributed by atoms with E-state index in [0.29, 0.717) is 6.61 Å². The van der Waals surface area contributed by atoms with Crippen molar-refractivity contribution >= 4 is 5.69 Å². The molecule has 0 bridgehead atoms. The van der Waals surface area contributed by atoms with Crippen LogP contribution in [0.1, 0.15) is 11.6 Å². The largest absolute Gasteiger partial charge is 0.491 e. The predicted molar refractivity (Wildman–Crippen MR) is 43.3 cm³/mol. The maximum atomic E-state index is 5.73. The van der Waals surface area contributed by atoms with E-state index >= 15 is 0 Å². The van der Waals surface area contributed by atoms with Gasteiger partial charge >= 0.3 is 0 Å². The number of hydrogen-bond acceptors (Lipinski definition) is 3. The number of benzene rings is 1. The highest BCUT2D eigenvalue weighted by Crippen LogP contribution is 2.31. The number of fused-ring (bicyclic) bond motifs is 1. The van der Waals surface area contributed by atoms with Gasteiger partial charge in [-0.15, -0.1) is 0 Å². The second-order valence-corrected chi connectivity index (χ2v) is 2.71. The van der Waals surface area contributed by atoms with Crippen molar-refractivity contribution in [2.45, 2.75) is 6.04 Å². The average Bonchev–Trinajstić information content (AvgIpc) is 2.32. The van der Waals surface area contributed by atoms with Crippen molar-refractivity contribution in [1.82, 2.24) is 0 Å². The van der Waals surface area contributed by atoms with Gasteiger partial charge in [0.2, 0.25) is 0 Å². The Kier molecular flexibility index (Phi) is 1.26. The zero-order chi connectivity index (χ0) is 7.84. The van der Waals surface area contributed by atoms with Crippen LogP contribution in [0.25, 0.3) is 0 Å². The predicted octanol–water partition coefficient (Wildman–Crippen LogP) is 0.661. The van der Waals surface area contributed by atoms with E-state index in [0.717, 1.165) is 17.0 Å². The Morgan fingerprint density at radius 1 is 1.45 bits per heavy atom. The van der Waals surface area contributed by atoms with E-state index in [1.807, 2.05) is 18.2 Å². The van der Waals surface area contributed by atoms with Gasteiger partial charge < -0.3 is 16.2 Å². The Morgan fingerprint density at radius 2 is 2.27 bits per heavy atom. The minimum absolute atomic E-state index is 0.0191. The molecule has 0 saturated carbocycles. The second-order valence-electron chi connectivity index (χ2n) is 2.71. The molecular weight excluding hydrogens is 140 g/mol. The van der Waals surface area contributed by atoms with Crippen LogP contribution >= 0.6 is 0 Å². The molecule has 1 aromatic carbocycles. The highest BCUT2D eigenvalue weighted by Gasteiger charge is 2.19. The first-order valence-electron chi connectivity index (χ1n) is 3.55. The van der Waals surface area contributed by atoms with Crippen LogP contribution in [-0.2, 0) is 0 Å². The first-order chi connectivity index (χ1) is 5.27. The van der Waals surface area contributed by atoms with Crippen LogP contribution in [0.4, 0.5) is 5.69 Å². The van der Waals surface area contributed by atoms with Crippen molar-refractivity contribution in [3.8, 4) is 5.75 Å². The molecular formula is C8H10N2O. The van der Waals surface area contributed by atoms with Crippen molar-refractivity contribution in [2.24, 2.45) is 5.73 Å². The smallest absolute Gasteiger partial charge is 0.126 e. The molecule has 0 fully saturated rings. The Bertz CT molecular complexity index is 285. The highest BCUT2D eigenvalue weighted by atomic mass is 16.5. The number of nitrogen functional groups attached to an aromatic ring is 1. The van der Waals surface area contributed by atoms with E-state index in [2.05, 4.69) is 0 Å². The third-order valence-corrected chi connectivity index (χ3v) is 1.86. The zero-order valence-corrected chi connectivity index (χ0v) is 6.08. The monoisotopic (exact) mass is 150 g/mol. The van der Waals surface area contributed by atoms with Gasteiger partial charge in [0.25, 0.3) is 0 Å². The SMILES string of the molecule is Nc1ccc2c(c1)OC[C@H]2N.